The number of benzene rings is 1. The number of piperidine rings is 1. The van der Waals surface area contributed by atoms with Crippen LogP contribution in [-0.2, 0) is 0 Å². The third-order valence-corrected chi connectivity index (χ3v) is 3.06. The van der Waals surface area contributed by atoms with Crippen molar-refractivity contribution >= 4 is 11.6 Å². The molecule has 4 heteroatoms. The SMILES string of the molecule is CNC(=O)c1cccc(NC2CCNCC2)c1. The summed E-state index contributed by atoms with van der Waals surface area (Å²) >= 11 is 0. The molecule has 1 aromatic rings. The molecular weight excluding hydrogens is 214 g/mol. The molecule has 92 valence electrons. The van der Waals surface area contributed by atoms with Crippen molar-refractivity contribution in [3.05, 3.63) is 29.8 Å². The van der Waals surface area contributed by atoms with E-state index in [9.17, 15) is 4.79 Å². The van der Waals surface area contributed by atoms with E-state index in [0.717, 1.165) is 31.6 Å². The van der Waals surface area contributed by atoms with Crippen molar-refractivity contribution in [2.75, 3.05) is 25.5 Å². The highest BCUT2D eigenvalue weighted by Gasteiger charge is 2.12. The van der Waals surface area contributed by atoms with Crippen molar-refractivity contribution < 1.29 is 4.79 Å². The summed E-state index contributed by atoms with van der Waals surface area (Å²) in [6.07, 6.45) is 2.26. The van der Waals surface area contributed by atoms with Crippen LogP contribution in [0.4, 0.5) is 5.69 Å². The molecule has 1 aliphatic heterocycles. The smallest absolute Gasteiger partial charge is 0.251 e. The van der Waals surface area contributed by atoms with Gasteiger partial charge in [0.25, 0.3) is 5.91 Å². The van der Waals surface area contributed by atoms with Gasteiger partial charge in [-0.3, -0.25) is 4.79 Å². The number of hydrogen-bond acceptors (Lipinski definition) is 3. The zero-order valence-corrected chi connectivity index (χ0v) is 10.1. The Bertz CT molecular complexity index is 386. The molecule has 2 rings (SSSR count). The zero-order valence-electron chi connectivity index (χ0n) is 10.1. The maximum absolute atomic E-state index is 11.5. The molecule has 1 heterocycles. The molecular formula is C13H19N3O. The van der Waals surface area contributed by atoms with Crippen LogP contribution in [0.25, 0.3) is 0 Å². The number of anilines is 1. The van der Waals surface area contributed by atoms with Gasteiger partial charge in [-0.2, -0.15) is 0 Å². The highest BCUT2D eigenvalue weighted by Crippen LogP contribution is 2.15. The van der Waals surface area contributed by atoms with E-state index >= 15 is 0 Å². The van der Waals surface area contributed by atoms with E-state index in [-0.39, 0.29) is 5.91 Å². The van der Waals surface area contributed by atoms with Gasteiger partial charge >= 0.3 is 0 Å². The molecule has 0 saturated carbocycles. The summed E-state index contributed by atoms with van der Waals surface area (Å²) in [6.45, 7) is 2.12. The molecule has 1 aliphatic rings. The van der Waals surface area contributed by atoms with E-state index in [1.165, 1.54) is 0 Å². The average Bonchev–Trinajstić information content (AvgIpc) is 2.39. The fourth-order valence-electron chi connectivity index (χ4n) is 2.10. The van der Waals surface area contributed by atoms with E-state index < -0.39 is 0 Å². The van der Waals surface area contributed by atoms with Gasteiger partial charge in [-0.1, -0.05) is 6.07 Å². The first-order valence-corrected chi connectivity index (χ1v) is 6.09. The second-order valence-corrected chi connectivity index (χ2v) is 4.33. The second kappa shape index (κ2) is 5.68. The van der Waals surface area contributed by atoms with Gasteiger partial charge in [0.1, 0.15) is 0 Å². The number of amides is 1. The van der Waals surface area contributed by atoms with Gasteiger partial charge in [0, 0.05) is 24.3 Å². The van der Waals surface area contributed by atoms with Crippen molar-refractivity contribution in [2.24, 2.45) is 0 Å². The Kier molecular flexibility index (Phi) is 3.98. The topological polar surface area (TPSA) is 53.2 Å². The third-order valence-electron chi connectivity index (χ3n) is 3.06. The van der Waals surface area contributed by atoms with Crippen LogP contribution in [0.2, 0.25) is 0 Å². The van der Waals surface area contributed by atoms with E-state index in [0.29, 0.717) is 11.6 Å². The van der Waals surface area contributed by atoms with E-state index in [4.69, 9.17) is 0 Å². The van der Waals surface area contributed by atoms with Crippen LogP contribution in [0.15, 0.2) is 24.3 Å². The molecule has 0 unspecified atom stereocenters. The number of hydrogen-bond donors (Lipinski definition) is 3. The normalized spacial score (nSPS) is 16.5. The lowest BCUT2D eigenvalue weighted by molar-refractivity contribution is 0.0963. The van der Waals surface area contributed by atoms with Crippen LogP contribution < -0.4 is 16.0 Å². The maximum atomic E-state index is 11.5. The first kappa shape index (κ1) is 11.9. The second-order valence-electron chi connectivity index (χ2n) is 4.33. The maximum Gasteiger partial charge on any atom is 0.251 e. The molecule has 17 heavy (non-hydrogen) atoms. The zero-order chi connectivity index (χ0) is 12.1. The average molecular weight is 233 g/mol. The van der Waals surface area contributed by atoms with Crippen LogP contribution >= 0.6 is 0 Å². The van der Waals surface area contributed by atoms with Gasteiger partial charge in [-0.25, -0.2) is 0 Å². The minimum atomic E-state index is -0.0426. The van der Waals surface area contributed by atoms with Crippen molar-refractivity contribution in [1.82, 2.24) is 10.6 Å². The molecule has 4 nitrogen and oxygen atoms in total. The molecule has 0 atom stereocenters. The van der Waals surface area contributed by atoms with Crippen molar-refractivity contribution in [1.29, 1.82) is 0 Å². The van der Waals surface area contributed by atoms with Gasteiger partial charge in [0.15, 0.2) is 0 Å². The Labute approximate surface area is 102 Å². The Balaban J connectivity index is 2.02. The standard InChI is InChI=1S/C13H19N3O/c1-14-13(17)10-3-2-4-12(9-10)16-11-5-7-15-8-6-11/h2-4,9,11,15-16H,5-8H2,1H3,(H,14,17). The predicted octanol–water partition coefficient (Wildman–Crippen LogP) is 1.21. The van der Waals surface area contributed by atoms with Crippen LogP contribution in [0.5, 0.6) is 0 Å². The first-order chi connectivity index (χ1) is 8.29. The molecule has 0 spiro atoms. The highest BCUT2D eigenvalue weighted by atomic mass is 16.1. The van der Waals surface area contributed by atoms with Crippen molar-refractivity contribution in [3.63, 3.8) is 0 Å². The highest BCUT2D eigenvalue weighted by molar-refractivity contribution is 5.94. The summed E-state index contributed by atoms with van der Waals surface area (Å²) in [7, 11) is 1.65. The molecule has 3 N–H and O–H groups in total. The number of rotatable bonds is 3. The largest absolute Gasteiger partial charge is 0.382 e. The lowest BCUT2D eigenvalue weighted by Gasteiger charge is -2.24. The summed E-state index contributed by atoms with van der Waals surface area (Å²) in [5.41, 5.74) is 1.73. The number of nitrogens with one attached hydrogen (secondary N) is 3. The summed E-state index contributed by atoms with van der Waals surface area (Å²) in [5, 5.41) is 9.45. The number of carbonyl (C=O) groups is 1. The fraction of sp³-hybridized carbons (Fsp3) is 0.462. The lowest BCUT2D eigenvalue weighted by atomic mass is 10.1. The fourth-order valence-corrected chi connectivity index (χ4v) is 2.10. The Morgan fingerprint density at radius 2 is 2.12 bits per heavy atom. The molecule has 1 fully saturated rings. The quantitative estimate of drug-likeness (QED) is 0.735. The minimum Gasteiger partial charge on any atom is -0.382 e. The van der Waals surface area contributed by atoms with Crippen LogP contribution in [0.1, 0.15) is 23.2 Å². The van der Waals surface area contributed by atoms with Crippen molar-refractivity contribution in [3.8, 4) is 0 Å². The number of carbonyl (C=O) groups excluding carboxylic acids is 1. The molecule has 0 radical (unpaired) electrons. The first-order valence-electron chi connectivity index (χ1n) is 6.09. The van der Waals surface area contributed by atoms with Gasteiger partial charge in [0.2, 0.25) is 0 Å². The van der Waals surface area contributed by atoms with Crippen LogP contribution in [0, 0.1) is 0 Å². The Morgan fingerprint density at radius 1 is 1.35 bits per heavy atom. The van der Waals surface area contributed by atoms with Crippen LogP contribution in [0.3, 0.4) is 0 Å². The molecule has 0 aliphatic carbocycles. The van der Waals surface area contributed by atoms with E-state index in [2.05, 4.69) is 16.0 Å². The Morgan fingerprint density at radius 3 is 2.82 bits per heavy atom. The van der Waals surface area contributed by atoms with Gasteiger partial charge in [0.05, 0.1) is 0 Å². The summed E-state index contributed by atoms with van der Waals surface area (Å²) in [5.74, 6) is -0.0426. The van der Waals surface area contributed by atoms with Crippen LogP contribution in [-0.4, -0.2) is 32.1 Å². The molecule has 0 aromatic heterocycles. The molecule has 1 saturated heterocycles. The Hall–Kier alpha value is -1.55. The molecule has 1 aromatic carbocycles. The van der Waals surface area contributed by atoms with Crippen molar-refractivity contribution in [2.45, 2.75) is 18.9 Å². The third kappa shape index (κ3) is 3.20. The molecule has 1 amide bonds. The minimum absolute atomic E-state index is 0.0426. The lowest BCUT2D eigenvalue weighted by Crippen LogP contribution is -2.35. The van der Waals surface area contributed by atoms with Gasteiger partial charge in [-0.15, -0.1) is 0 Å². The summed E-state index contributed by atoms with van der Waals surface area (Å²) < 4.78 is 0. The monoisotopic (exact) mass is 233 g/mol. The molecule has 0 bridgehead atoms. The van der Waals surface area contributed by atoms with Gasteiger partial charge < -0.3 is 16.0 Å². The predicted molar refractivity (Wildman–Crippen MR) is 69.3 cm³/mol. The van der Waals surface area contributed by atoms with E-state index in [1.54, 1.807) is 7.05 Å². The van der Waals surface area contributed by atoms with Gasteiger partial charge in [-0.05, 0) is 44.1 Å². The summed E-state index contributed by atoms with van der Waals surface area (Å²) in [6, 6.07) is 8.16. The van der Waals surface area contributed by atoms with E-state index in [1.807, 2.05) is 24.3 Å². The summed E-state index contributed by atoms with van der Waals surface area (Å²) in [4.78, 5) is 11.5.